The van der Waals surface area contributed by atoms with Crippen LogP contribution in [0.15, 0.2) is 85.2 Å². The topological polar surface area (TPSA) is 112 Å². The number of nitrogens with two attached hydrogens (primary N) is 1. The molecule has 10 heteroatoms. The highest BCUT2D eigenvalue weighted by atomic mass is 32.2. The van der Waals surface area contributed by atoms with E-state index in [1.54, 1.807) is 28.9 Å². The van der Waals surface area contributed by atoms with E-state index in [0.29, 0.717) is 28.4 Å². The van der Waals surface area contributed by atoms with E-state index in [-0.39, 0.29) is 13.1 Å². The molecule has 0 radical (unpaired) electrons. The van der Waals surface area contributed by atoms with Gasteiger partial charge in [-0.2, -0.15) is 5.10 Å². The van der Waals surface area contributed by atoms with Crippen LogP contribution < -0.4 is 10.0 Å². The second-order valence-corrected chi connectivity index (χ2v) is 9.17. The molecule has 0 aliphatic carbocycles. The van der Waals surface area contributed by atoms with Gasteiger partial charge in [-0.1, -0.05) is 43.0 Å². The Kier molecular flexibility index (Phi) is 5.06. The lowest BCUT2D eigenvalue weighted by molar-refractivity contribution is 0.587. The maximum absolute atomic E-state index is 12.7. The number of para-hydroxylation sites is 2. The Balaban J connectivity index is 1.59. The van der Waals surface area contributed by atoms with E-state index in [2.05, 4.69) is 16.5 Å². The van der Waals surface area contributed by atoms with Gasteiger partial charge in [0.25, 0.3) is 10.0 Å². The first-order valence-electron chi connectivity index (χ1n) is 10.2. The summed E-state index contributed by atoms with van der Waals surface area (Å²) < 4.78 is 30.3. The molecule has 0 unspecified atom stereocenters. The van der Waals surface area contributed by atoms with Gasteiger partial charge in [-0.05, 0) is 29.7 Å². The van der Waals surface area contributed by atoms with Crippen LogP contribution in [0, 0.1) is 0 Å². The largest absolute Gasteiger partial charge is 0.383 e. The summed E-state index contributed by atoms with van der Waals surface area (Å²) in [4.78, 5) is 8.54. The minimum absolute atomic E-state index is 0.130. The molecule has 33 heavy (non-hydrogen) atoms. The Bertz CT molecular complexity index is 1570. The Labute approximate surface area is 190 Å². The number of hydrogen-bond donors (Lipinski definition) is 1. The van der Waals surface area contributed by atoms with Crippen LogP contribution >= 0.6 is 0 Å². The van der Waals surface area contributed by atoms with Gasteiger partial charge in [0, 0.05) is 11.6 Å². The predicted molar refractivity (Wildman–Crippen MR) is 129 cm³/mol. The maximum Gasteiger partial charge on any atom is 0.256 e. The molecule has 0 amide bonds. The van der Waals surface area contributed by atoms with Crippen LogP contribution in [0.5, 0.6) is 0 Å². The zero-order valence-electron chi connectivity index (χ0n) is 17.6. The van der Waals surface area contributed by atoms with Crippen molar-refractivity contribution >= 4 is 43.5 Å². The van der Waals surface area contributed by atoms with Crippen LogP contribution in [0.4, 0.5) is 11.5 Å². The number of nitrogens with zero attached hydrogens (tertiary/aromatic N) is 6. The van der Waals surface area contributed by atoms with Gasteiger partial charge in [0.15, 0.2) is 11.5 Å². The fourth-order valence-corrected chi connectivity index (χ4v) is 4.81. The number of aromatic nitrogens is 5. The Morgan fingerprint density at radius 2 is 1.79 bits per heavy atom. The van der Waals surface area contributed by atoms with Crippen LogP contribution in [-0.2, 0) is 16.6 Å². The average molecular weight is 460 g/mol. The molecule has 5 aromatic rings. The maximum atomic E-state index is 12.7. The third kappa shape index (κ3) is 3.60. The Morgan fingerprint density at radius 3 is 2.58 bits per heavy atom. The highest BCUT2D eigenvalue weighted by molar-refractivity contribution is 7.95. The van der Waals surface area contributed by atoms with E-state index in [0.717, 1.165) is 16.3 Å². The van der Waals surface area contributed by atoms with Crippen LogP contribution in [-0.4, -0.2) is 39.3 Å². The van der Waals surface area contributed by atoms with Crippen molar-refractivity contribution < 1.29 is 8.42 Å². The van der Waals surface area contributed by atoms with Gasteiger partial charge >= 0.3 is 0 Å². The van der Waals surface area contributed by atoms with Gasteiger partial charge < -0.3 is 5.73 Å². The van der Waals surface area contributed by atoms with Crippen LogP contribution in [0.1, 0.15) is 0 Å². The fraction of sp³-hybridized carbons (Fsp3) is 0.0870. The third-order valence-corrected chi connectivity index (χ3v) is 6.87. The molecule has 9 nitrogen and oxygen atoms in total. The highest BCUT2D eigenvalue weighted by Crippen LogP contribution is 2.28. The zero-order valence-corrected chi connectivity index (χ0v) is 18.4. The van der Waals surface area contributed by atoms with E-state index >= 15 is 0 Å². The molecule has 0 fully saturated rings. The SMILES string of the molecule is C=CS(=O)(=O)N(CCn1nc(-n2ccc3ccccc32)c2c(N)ncnc21)c1ccccc1. The van der Waals surface area contributed by atoms with Crippen LogP contribution in [0.2, 0.25) is 0 Å². The third-order valence-electron chi connectivity index (χ3n) is 5.44. The number of sulfonamides is 1. The molecule has 166 valence electrons. The standard InChI is InChI=1S/C23H21N7O2S/c1-2-33(31,32)30(18-9-4-3-5-10-18)15-14-29-22-20(21(24)25-16-26-22)23(27-29)28-13-12-17-8-6-7-11-19(17)28/h2-13,16H,1,14-15H2,(H2,24,25,26). The molecule has 0 bridgehead atoms. The van der Waals surface area contributed by atoms with E-state index in [1.165, 1.54) is 10.6 Å². The first-order chi connectivity index (χ1) is 16.0. The van der Waals surface area contributed by atoms with Gasteiger partial charge in [0.05, 0.1) is 24.3 Å². The molecule has 2 aromatic carbocycles. The number of nitrogen functional groups attached to an aromatic ring is 1. The average Bonchev–Trinajstić information content (AvgIpc) is 3.42. The number of fused-ring (bicyclic) bond motifs is 2. The van der Waals surface area contributed by atoms with E-state index < -0.39 is 10.0 Å². The molecular weight excluding hydrogens is 438 g/mol. The molecular formula is C23H21N7O2S. The lowest BCUT2D eigenvalue weighted by atomic mass is 10.2. The monoisotopic (exact) mass is 459 g/mol. The normalized spacial score (nSPS) is 11.8. The first-order valence-corrected chi connectivity index (χ1v) is 11.7. The summed E-state index contributed by atoms with van der Waals surface area (Å²) in [7, 11) is -3.72. The fourth-order valence-electron chi connectivity index (χ4n) is 3.88. The summed E-state index contributed by atoms with van der Waals surface area (Å²) in [6.07, 6.45) is 3.30. The van der Waals surface area contributed by atoms with Crippen molar-refractivity contribution in [2.24, 2.45) is 0 Å². The molecule has 0 saturated carbocycles. The van der Waals surface area contributed by atoms with Gasteiger partial charge in [-0.25, -0.2) is 23.1 Å². The molecule has 0 atom stereocenters. The first kappa shape index (κ1) is 20.7. The van der Waals surface area contributed by atoms with Crippen molar-refractivity contribution in [1.29, 1.82) is 0 Å². The van der Waals surface area contributed by atoms with E-state index in [9.17, 15) is 8.42 Å². The van der Waals surface area contributed by atoms with Crippen molar-refractivity contribution in [3.8, 4) is 5.82 Å². The van der Waals surface area contributed by atoms with Gasteiger partial charge in [-0.15, -0.1) is 0 Å². The minimum atomic E-state index is -3.72. The van der Waals surface area contributed by atoms with E-state index in [1.807, 2.05) is 47.2 Å². The number of rotatable bonds is 7. The predicted octanol–water partition coefficient (Wildman–Crippen LogP) is 3.33. The number of anilines is 2. The summed E-state index contributed by atoms with van der Waals surface area (Å²) in [5.74, 6) is 0.889. The zero-order chi connectivity index (χ0) is 23.0. The van der Waals surface area contributed by atoms with Crippen molar-refractivity contribution in [2.75, 3.05) is 16.6 Å². The lowest BCUT2D eigenvalue weighted by Crippen LogP contribution is -2.32. The van der Waals surface area contributed by atoms with Crippen molar-refractivity contribution in [1.82, 2.24) is 24.3 Å². The molecule has 0 saturated heterocycles. The van der Waals surface area contributed by atoms with Crippen LogP contribution in [0.25, 0.3) is 27.8 Å². The van der Waals surface area contributed by atoms with Gasteiger partial charge in [0.1, 0.15) is 17.5 Å². The lowest BCUT2D eigenvalue weighted by Gasteiger charge is -2.22. The van der Waals surface area contributed by atoms with Crippen molar-refractivity contribution in [2.45, 2.75) is 6.54 Å². The Morgan fingerprint density at radius 1 is 1.03 bits per heavy atom. The number of benzene rings is 2. The second kappa shape index (κ2) is 8.06. The summed E-state index contributed by atoms with van der Waals surface area (Å²) in [5.41, 5.74) is 8.25. The summed E-state index contributed by atoms with van der Waals surface area (Å²) in [6.45, 7) is 3.84. The van der Waals surface area contributed by atoms with Gasteiger partial charge in [-0.3, -0.25) is 8.87 Å². The molecule has 0 aliphatic heterocycles. The molecule has 2 N–H and O–H groups in total. The summed E-state index contributed by atoms with van der Waals surface area (Å²) >= 11 is 0. The van der Waals surface area contributed by atoms with Crippen molar-refractivity contribution in [3.63, 3.8) is 0 Å². The minimum Gasteiger partial charge on any atom is -0.383 e. The Hall–Kier alpha value is -4.18. The van der Waals surface area contributed by atoms with Crippen molar-refractivity contribution in [3.05, 3.63) is 85.2 Å². The molecule has 3 aromatic heterocycles. The smallest absolute Gasteiger partial charge is 0.256 e. The molecule has 5 rings (SSSR count). The second-order valence-electron chi connectivity index (χ2n) is 7.37. The molecule has 0 spiro atoms. The molecule has 3 heterocycles. The summed E-state index contributed by atoms with van der Waals surface area (Å²) in [6, 6.07) is 18.8. The highest BCUT2D eigenvalue weighted by Gasteiger charge is 2.22. The number of hydrogen-bond acceptors (Lipinski definition) is 6. The quantitative estimate of drug-likeness (QED) is 0.400. The van der Waals surface area contributed by atoms with E-state index in [4.69, 9.17) is 10.8 Å². The van der Waals surface area contributed by atoms with Crippen LogP contribution in [0.3, 0.4) is 0 Å². The summed E-state index contributed by atoms with van der Waals surface area (Å²) in [5, 5.41) is 7.38. The molecule has 0 aliphatic rings. The van der Waals surface area contributed by atoms with Gasteiger partial charge in [0.2, 0.25) is 0 Å².